The first-order valence-corrected chi connectivity index (χ1v) is 5.57. The maximum absolute atomic E-state index is 13.5. The lowest BCUT2D eigenvalue weighted by Gasteiger charge is -2.07. The van der Waals surface area contributed by atoms with E-state index in [1.807, 2.05) is 0 Å². The van der Waals surface area contributed by atoms with Crippen molar-refractivity contribution in [2.24, 2.45) is 0 Å². The van der Waals surface area contributed by atoms with Crippen LogP contribution in [0.2, 0.25) is 0 Å². The second-order valence-corrected chi connectivity index (χ2v) is 4.42. The lowest BCUT2D eigenvalue weighted by atomic mass is 10.1. The first kappa shape index (κ1) is 13.8. The molecule has 1 aromatic carbocycles. The van der Waals surface area contributed by atoms with Gasteiger partial charge in [-0.15, -0.1) is 11.6 Å². The van der Waals surface area contributed by atoms with Crippen molar-refractivity contribution in [2.45, 2.75) is 18.5 Å². The fraction of sp³-hybridized carbons (Fsp3) is 0.273. The quantitative estimate of drug-likeness (QED) is 0.615. The minimum atomic E-state index is -4.58. The minimum absolute atomic E-state index is 0.0773. The molecule has 0 saturated heterocycles. The van der Waals surface area contributed by atoms with Crippen LogP contribution < -0.4 is 0 Å². The van der Waals surface area contributed by atoms with Crippen LogP contribution in [0.25, 0.3) is 11.5 Å². The van der Waals surface area contributed by atoms with Crippen molar-refractivity contribution in [3.8, 4) is 11.5 Å². The highest BCUT2D eigenvalue weighted by Gasteiger charge is 2.32. The third kappa shape index (κ3) is 2.86. The van der Waals surface area contributed by atoms with Gasteiger partial charge in [0, 0.05) is 0 Å². The van der Waals surface area contributed by atoms with E-state index in [1.165, 1.54) is 0 Å². The van der Waals surface area contributed by atoms with Crippen LogP contribution >= 0.6 is 11.6 Å². The molecule has 0 radical (unpaired) electrons. The first-order chi connectivity index (χ1) is 8.79. The van der Waals surface area contributed by atoms with Crippen LogP contribution in [0.5, 0.6) is 0 Å². The van der Waals surface area contributed by atoms with Gasteiger partial charge in [-0.3, -0.25) is 0 Å². The van der Waals surface area contributed by atoms with E-state index in [0.717, 1.165) is 0 Å². The molecule has 1 atom stereocenters. The summed E-state index contributed by atoms with van der Waals surface area (Å²) in [5, 5.41) is 2.87. The molecule has 1 unspecified atom stereocenters. The number of alkyl halides is 4. The summed E-state index contributed by atoms with van der Waals surface area (Å²) in [6, 6.07) is 1.96. The molecule has 0 bridgehead atoms. The fourth-order valence-corrected chi connectivity index (χ4v) is 1.46. The summed E-state index contributed by atoms with van der Waals surface area (Å²) in [6.07, 6.45) is -4.58. The first-order valence-electron chi connectivity index (χ1n) is 5.14. The topological polar surface area (TPSA) is 38.9 Å². The van der Waals surface area contributed by atoms with E-state index in [-0.39, 0.29) is 11.7 Å². The Morgan fingerprint density at radius 1 is 1.32 bits per heavy atom. The Morgan fingerprint density at radius 3 is 2.53 bits per heavy atom. The van der Waals surface area contributed by atoms with Gasteiger partial charge in [0.15, 0.2) is 5.82 Å². The molecule has 0 aliphatic carbocycles. The maximum Gasteiger partial charge on any atom is 0.416 e. The van der Waals surface area contributed by atoms with Crippen LogP contribution in [0, 0.1) is 5.82 Å². The zero-order chi connectivity index (χ0) is 14.2. The van der Waals surface area contributed by atoms with Crippen LogP contribution in [0.3, 0.4) is 0 Å². The van der Waals surface area contributed by atoms with Gasteiger partial charge in [0.25, 0.3) is 5.89 Å². The van der Waals surface area contributed by atoms with Crippen molar-refractivity contribution in [2.75, 3.05) is 0 Å². The molecule has 3 nitrogen and oxygen atoms in total. The molecule has 0 saturated carbocycles. The van der Waals surface area contributed by atoms with Gasteiger partial charge in [-0.25, -0.2) is 4.39 Å². The molecule has 2 aromatic rings. The monoisotopic (exact) mass is 294 g/mol. The number of rotatable bonds is 2. The Bertz CT molecular complexity index is 595. The summed E-state index contributed by atoms with van der Waals surface area (Å²) in [4.78, 5) is 3.75. The number of hydrogen-bond acceptors (Lipinski definition) is 3. The smallest absolute Gasteiger partial charge is 0.334 e. The summed E-state index contributed by atoms with van der Waals surface area (Å²) in [7, 11) is 0. The van der Waals surface area contributed by atoms with E-state index < -0.39 is 28.5 Å². The largest absolute Gasteiger partial charge is 0.416 e. The van der Waals surface area contributed by atoms with Gasteiger partial charge in [0.05, 0.1) is 16.5 Å². The summed E-state index contributed by atoms with van der Waals surface area (Å²) in [5.41, 5.74) is -1.41. The van der Waals surface area contributed by atoms with Gasteiger partial charge in [-0.1, -0.05) is 5.16 Å². The Kier molecular flexibility index (Phi) is 3.49. The molecule has 1 aromatic heterocycles. The third-order valence-electron chi connectivity index (χ3n) is 2.32. The number of hydrogen-bond donors (Lipinski definition) is 0. The Hall–Kier alpha value is -1.63. The number of aromatic nitrogens is 2. The summed E-state index contributed by atoms with van der Waals surface area (Å²) in [5.74, 6) is -1.15. The van der Waals surface area contributed by atoms with Crippen LogP contribution in [0.1, 0.15) is 23.7 Å². The molecule has 102 valence electrons. The average molecular weight is 295 g/mol. The van der Waals surface area contributed by atoms with Crippen molar-refractivity contribution < 1.29 is 22.1 Å². The van der Waals surface area contributed by atoms with Crippen molar-refractivity contribution >= 4 is 11.6 Å². The van der Waals surface area contributed by atoms with Gasteiger partial charge in [-0.2, -0.15) is 18.2 Å². The molecule has 0 aliphatic heterocycles. The average Bonchev–Trinajstić information content (AvgIpc) is 2.77. The van der Waals surface area contributed by atoms with Crippen LogP contribution in [-0.4, -0.2) is 10.1 Å². The normalized spacial score (nSPS) is 13.6. The standard InChI is InChI=1S/C11H7ClF4N2O/c1-5(12)9-17-10(19-18-9)7-4-6(11(14,15)16)2-3-8(7)13/h2-5H,1H3. The molecule has 0 aliphatic rings. The van der Waals surface area contributed by atoms with Crippen molar-refractivity contribution in [3.05, 3.63) is 35.4 Å². The van der Waals surface area contributed by atoms with E-state index in [1.54, 1.807) is 6.92 Å². The third-order valence-corrected chi connectivity index (χ3v) is 2.52. The zero-order valence-corrected chi connectivity index (χ0v) is 10.3. The second kappa shape index (κ2) is 4.80. The number of halogens is 5. The lowest BCUT2D eigenvalue weighted by Crippen LogP contribution is -2.05. The van der Waals surface area contributed by atoms with Crippen LogP contribution in [-0.2, 0) is 6.18 Å². The molecule has 0 amide bonds. The molecular formula is C11H7ClF4N2O. The second-order valence-electron chi connectivity index (χ2n) is 3.77. The zero-order valence-electron chi connectivity index (χ0n) is 9.50. The molecule has 2 rings (SSSR count). The molecule has 19 heavy (non-hydrogen) atoms. The number of nitrogens with zero attached hydrogens (tertiary/aromatic N) is 2. The summed E-state index contributed by atoms with van der Waals surface area (Å²) >= 11 is 5.69. The predicted molar refractivity (Wildman–Crippen MR) is 59.0 cm³/mol. The Balaban J connectivity index is 2.48. The highest BCUT2D eigenvalue weighted by Crippen LogP contribution is 2.33. The Morgan fingerprint density at radius 2 is 2.00 bits per heavy atom. The highest BCUT2D eigenvalue weighted by atomic mass is 35.5. The predicted octanol–water partition coefficient (Wildman–Crippen LogP) is 4.19. The molecule has 0 fully saturated rings. The number of benzene rings is 1. The van der Waals surface area contributed by atoms with Gasteiger partial charge in [0.2, 0.25) is 0 Å². The highest BCUT2D eigenvalue weighted by molar-refractivity contribution is 6.20. The van der Waals surface area contributed by atoms with E-state index in [0.29, 0.717) is 18.2 Å². The van der Waals surface area contributed by atoms with Crippen molar-refractivity contribution in [3.63, 3.8) is 0 Å². The van der Waals surface area contributed by atoms with Gasteiger partial charge in [-0.05, 0) is 25.1 Å². The van der Waals surface area contributed by atoms with Gasteiger partial charge < -0.3 is 4.52 Å². The molecular weight excluding hydrogens is 288 g/mol. The van der Waals surface area contributed by atoms with Gasteiger partial charge >= 0.3 is 6.18 Å². The van der Waals surface area contributed by atoms with E-state index in [2.05, 4.69) is 10.1 Å². The molecule has 1 heterocycles. The van der Waals surface area contributed by atoms with E-state index in [9.17, 15) is 17.6 Å². The molecule has 0 spiro atoms. The van der Waals surface area contributed by atoms with Gasteiger partial charge in [0.1, 0.15) is 5.82 Å². The maximum atomic E-state index is 13.5. The van der Waals surface area contributed by atoms with Crippen LogP contribution in [0.15, 0.2) is 22.7 Å². The Labute approximate surface area is 110 Å². The summed E-state index contributed by atoms with van der Waals surface area (Å²) in [6.45, 7) is 1.55. The van der Waals surface area contributed by atoms with Crippen LogP contribution in [0.4, 0.5) is 17.6 Å². The minimum Gasteiger partial charge on any atom is -0.334 e. The van der Waals surface area contributed by atoms with E-state index in [4.69, 9.17) is 16.1 Å². The fourth-order valence-electron chi connectivity index (χ4n) is 1.37. The lowest BCUT2D eigenvalue weighted by molar-refractivity contribution is -0.137. The van der Waals surface area contributed by atoms with E-state index >= 15 is 0 Å². The summed E-state index contributed by atoms with van der Waals surface area (Å²) < 4.78 is 55.8. The van der Waals surface area contributed by atoms with Crippen molar-refractivity contribution in [1.29, 1.82) is 0 Å². The van der Waals surface area contributed by atoms with Crippen molar-refractivity contribution in [1.82, 2.24) is 10.1 Å². The molecule has 0 N–H and O–H groups in total. The molecule has 8 heteroatoms. The SMILES string of the molecule is CC(Cl)c1noc(-c2cc(C(F)(F)F)ccc2F)n1.